The molecule has 3 nitrogen and oxygen atoms in total. The van der Waals surface area contributed by atoms with E-state index in [0.717, 1.165) is 12.8 Å². The van der Waals surface area contributed by atoms with Crippen LogP contribution in [0, 0.1) is 5.92 Å². The molecule has 3 atom stereocenters. The second-order valence-electron chi connectivity index (χ2n) is 5.00. The van der Waals surface area contributed by atoms with Gasteiger partial charge in [0.1, 0.15) is 6.10 Å². The summed E-state index contributed by atoms with van der Waals surface area (Å²) >= 11 is 0. The Morgan fingerprint density at radius 3 is 2.84 bits per heavy atom. The summed E-state index contributed by atoms with van der Waals surface area (Å²) in [5.41, 5.74) is 1.26. The number of amides is 1. The number of benzene rings is 1. The van der Waals surface area contributed by atoms with Crippen LogP contribution >= 0.6 is 0 Å². The molecule has 3 unspecified atom stereocenters. The SMILES string of the molecule is CNC(=O)/C=C/CCC(C)C1OC1c1ccccc1. The Morgan fingerprint density at radius 2 is 2.16 bits per heavy atom. The van der Waals surface area contributed by atoms with E-state index in [-0.39, 0.29) is 12.0 Å². The zero-order valence-electron chi connectivity index (χ0n) is 11.5. The van der Waals surface area contributed by atoms with Crippen molar-refractivity contribution in [2.45, 2.75) is 32.0 Å². The molecule has 102 valence electrons. The fraction of sp³-hybridized carbons (Fsp3) is 0.438. The monoisotopic (exact) mass is 259 g/mol. The van der Waals surface area contributed by atoms with Gasteiger partial charge >= 0.3 is 0 Å². The first-order valence-electron chi connectivity index (χ1n) is 6.81. The van der Waals surface area contributed by atoms with Gasteiger partial charge in [-0.1, -0.05) is 43.3 Å². The number of rotatable bonds is 6. The first-order valence-corrected chi connectivity index (χ1v) is 6.81. The van der Waals surface area contributed by atoms with Crippen molar-refractivity contribution in [1.82, 2.24) is 5.32 Å². The molecule has 0 saturated carbocycles. The van der Waals surface area contributed by atoms with Crippen LogP contribution in [0.1, 0.15) is 31.4 Å². The van der Waals surface area contributed by atoms with Crippen LogP contribution in [0.25, 0.3) is 0 Å². The summed E-state index contributed by atoms with van der Waals surface area (Å²) in [6, 6.07) is 10.3. The summed E-state index contributed by atoms with van der Waals surface area (Å²) < 4.78 is 5.76. The average Bonchev–Trinajstić information content (AvgIpc) is 3.24. The minimum Gasteiger partial charge on any atom is -0.364 e. The van der Waals surface area contributed by atoms with Gasteiger partial charge in [-0.15, -0.1) is 0 Å². The maximum Gasteiger partial charge on any atom is 0.243 e. The van der Waals surface area contributed by atoms with Crippen LogP contribution in [0.5, 0.6) is 0 Å². The van der Waals surface area contributed by atoms with Crippen molar-refractivity contribution < 1.29 is 9.53 Å². The summed E-state index contributed by atoms with van der Waals surface area (Å²) in [4.78, 5) is 11.0. The Kier molecular flexibility index (Phi) is 4.74. The maximum atomic E-state index is 11.0. The zero-order chi connectivity index (χ0) is 13.7. The van der Waals surface area contributed by atoms with Gasteiger partial charge in [0.05, 0.1) is 6.10 Å². The van der Waals surface area contributed by atoms with E-state index in [1.807, 2.05) is 24.3 Å². The molecule has 0 aromatic heterocycles. The molecule has 1 amide bonds. The average molecular weight is 259 g/mol. The van der Waals surface area contributed by atoms with Crippen molar-refractivity contribution >= 4 is 5.91 Å². The molecule has 1 aliphatic rings. The first kappa shape index (κ1) is 13.8. The quantitative estimate of drug-likeness (QED) is 0.630. The molecule has 1 aliphatic heterocycles. The summed E-state index contributed by atoms with van der Waals surface area (Å²) in [6.07, 6.45) is 6.07. The topological polar surface area (TPSA) is 41.6 Å². The maximum absolute atomic E-state index is 11.0. The fourth-order valence-corrected chi connectivity index (χ4v) is 2.26. The summed E-state index contributed by atoms with van der Waals surface area (Å²) in [7, 11) is 1.64. The van der Waals surface area contributed by atoms with E-state index in [4.69, 9.17) is 4.74 Å². The molecular weight excluding hydrogens is 238 g/mol. The molecule has 1 saturated heterocycles. The van der Waals surface area contributed by atoms with Gasteiger partial charge in [0.2, 0.25) is 5.91 Å². The minimum atomic E-state index is -0.0440. The third-order valence-corrected chi connectivity index (χ3v) is 3.52. The lowest BCUT2D eigenvalue weighted by Crippen LogP contribution is -2.14. The Hall–Kier alpha value is -1.61. The van der Waals surface area contributed by atoms with E-state index < -0.39 is 0 Å². The predicted octanol–water partition coefficient (Wildman–Crippen LogP) is 2.85. The van der Waals surface area contributed by atoms with Gasteiger partial charge in [-0.25, -0.2) is 0 Å². The van der Waals surface area contributed by atoms with Gasteiger partial charge in [0.15, 0.2) is 0 Å². The van der Waals surface area contributed by atoms with E-state index in [1.165, 1.54) is 5.56 Å². The largest absolute Gasteiger partial charge is 0.364 e. The first-order chi connectivity index (χ1) is 9.22. The third-order valence-electron chi connectivity index (χ3n) is 3.52. The van der Waals surface area contributed by atoms with Crippen LogP contribution in [0.2, 0.25) is 0 Å². The Bertz CT molecular complexity index is 441. The van der Waals surface area contributed by atoms with Crippen LogP contribution < -0.4 is 5.32 Å². The van der Waals surface area contributed by atoms with Gasteiger partial charge in [-0.2, -0.15) is 0 Å². The van der Waals surface area contributed by atoms with E-state index in [9.17, 15) is 4.79 Å². The van der Waals surface area contributed by atoms with Crippen molar-refractivity contribution in [1.29, 1.82) is 0 Å². The number of allylic oxidation sites excluding steroid dienone is 1. The Labute approximate surface area is 114 Å². The molecule has 19 heavy (non-hydrogen) atoms. The fourth-order valence-electron chi connectivity index (χ4n) is 2.26. The normalized spacial score (nSPS) is 23.3. The van der Waals surface area contributed by atoms with Gasteiger partial charge in [0, 0.05) is 7.05 Å². The molecule has 1 aromatic rings. The smallest absolute Gasteiger partial charge is 0.243 e. The summed E-state index contributed by atoms with van der Waals surface area (Å²) in [6.45, 7) is 2.21. The van der Waals surface area contributed by atoms with Crippen LogP contribution in [0.4, 0.5) is 0 Å². The molecule has 0 spiro atoms. The van der Waals surface area contributed by atoms with Gasteiger partial charge < -0.3 is 10.1 Å². The second kappa shape index (κ2) is 6.53. The molecule has 1 fully saturated rings. The number of epoxide rings is 1. The van der Waals surface area contributed by atoms with Gasteiger partial charge in [0.25, 0.3) is 0 Å². The van der Waals surface area contributed by atoms with Crippen molar-refractivity contribution in [3.05, 3.63) is 48.0 Å². The van der Waals surface area contributed by atoms with Gasteiger partial charge in [-0.3, -0.25) is 4.79 Å². The van der Waals surface area contributed by atoms with Crippen LogP contribution in [-0.4, -0.2) is 19.1 Å². The molecule has 1 aromatic carbocycles. The van der Waals surface area contributed by atoms with Crippen molar-refractivity contribution in [3.8, 4) is 0 Å². The molecule has 2 rings (SSSR count). The summed E-state index contributed by atoms with van der Waals surface area (Å²) in [5, 5.41) is 2.57. The Morgan fingerprint density at radius 1 is 1.42 bits per heavy atom. The number of hydrogen-bond donors (Lipinski definition) is 1. The highest BCUT2D eigenvalue weighted by Crippen LogP contribution is 2.44. The van der Waals surface area contributed by atoms with Crippen LogP contribution in [0.15, 0.2) is 42.5 Å². The van der Waals surface area contributed by atoms with Crippen molar-refractivity contribution in [2.75, 3.05) is 7.05 Å². The molecule has 0 aliphatic carbocycles. The van der Waals surface area contributed by atoms with E-state index in [0.29, 0.717) is 12.0 Å². The molecule has 1 N–H and O–H groups in total. The highest BCUT2D eigenvalue weighted by molar-refractivity contribution is 5.87. The van der Waals surface area contributed by atoms with Crippen LogP contribution in [-0.2, 0) is 9.53 Å². The number of nitrogens with one attached hydrogen (secondary N) is 1. The van der Waals surface area contributed by atoms with E-state index in [1.54, 1.807) is 13.1 Å². The molecule has 0 radical (unpaired) electrons. The second-order valence-corrected chi connectivity index (χ2v) is 5.00. The highest BCUT2D eigenvalue weighted by Gasteiger charge is 2.43. The van der Waals surface area contributed by atoms with Crippen LogP contribution in [0.3, 0.4) is 0 Å². The molecule has 3 heteroatoms. The predicted molar refractivity (Wildman–Crippen MR) is 75.7 cm³/mol. The van der Waals surface area contributed by atoms with Gasteiger partial charge in [-0.05, 0) is 30.4 Å². The number of hydrogen-bond acceptors (Lipinski definition) is 2. The lowest BCUT2D eigenvalue weighted by atomic mass is 9.97. The lowest BCUT2D eigenvalue weighted by molar-refractivity contribution is -0.116. The lowest BCUT2D eigenvalue weighted by Gasteiger charge is -2.05. The molecular formula is C16H21NO2. The van der Waals surface area contributed by atoms with Crippen molar-refractivity contribution in [3.63, 3.8) is 0 Å². The highest BCUT2D eigenvalue weighted by atomic mass is 16.6. The zero-order valence-corrected chi connectivity index (χ0v) is 11.5. The minimum absolute atomic E-state index is 0.0440. The number of carbonyl (C=O) groups is 1. The third kappa shape index (κ3) is 3.93. The van der Waals surface area contributed by atoms with E-state index in [2.05, 4.69) is 24.4 Å². The standard InChI is InChI=1S/C16H21NO2/c1-12(8-6-7-11-14(18)17-2)15-16(19-15)13-9-4-3-5-10-13/h3-5,7,9-12,15-16H,6,8H2,1-2H3,(H,17,18)/b11-7+. The number of carbonyl (C=O) groups excluding carboxylic acids is 1. The molecule has 0 bridgehead atoms. The number of ether oxygens (including phenoxy) is 1. The molecule has 1 heterocycles. The number of likely N-dealkylation sites (N-methyl/N-ethyl adjacent to an activating group) is 1. The Balaban J connectivity index is 1.73. The van der Waals surface area contributed by atoms with Crippen molar-refractivity contribution in [2.24, 2.45) is 5.92 Å². The van der Waals surface area contributed by atoms with E-state index >= 15 is 0 Å². The summed E-state index contributed by atoms with van der Waals surface area (Å²) in [5.74, 6) is 0.469.